The molecule has 2 aromatic rings. The van der Waals surface area contributed by atoms with Crippen molar-refractivity contribution in [1.29, 1.82) is 0 Å². The number of nitrogens with two attached hydrogens (primary N) is 1. The van der Waals surface area contributed by atoms with E-state index in [9.17, 15) is 0 Å². The summed E-state index contributed by atoms with van der Waals surface area (Å²) in [4.78, 5) is 0. The SMILES string of the molecule is CCCC[C@H](N)c1ccc(OCc2ccccc2)cc1.Cl. The van der Waals surface area contributed by atoms with E-state index < -0.39 is 0 Å². The van der Waals surface area contributed by atoms with E-state index in [0.717, 1.165) is 12.2 Å². The van der Waals surface area contributed by atoms with Gasteiger partial charge in [-0.25, -0.2) is 0 Å². The van der Waals surface area contributed by atoms with Crippen molar-refractivity contribution in [2.75, 3.05) is 0 Å². The Labute approximate surface area is 133 Å². The van der Waals surface area contributed by atoms with Crippen LogP contribution in [0.5, 0.6) is 5.75 Å². The summed E-state index contributed by atoms with van der Waals surface area (Å²) in [6, 6.07) is 18.5. The van der Waals surface area contributed by atoms with Crippen LogP contribution in [0.3, 0.4) is 0 Å². The van der Waals surface area contributed by atoms with Crippen LogP contribution in [0, 0.1) is 0 Å². The highest BCUT2D eigenvalue weighted by Gasteiger charge is 2.05. The van der Waals surface area contributed by atoms with Gasteiger partial charge in [-0.2, -0.15) is 0 Å². The van der Waals surface area contributed by atoms with Gasteiger partial charge in [-0.15, -0.1) is 12.4 Å². The summed E-state index contributed by atoms with van der Waals surface area (Å²) >= 11 is 0. The Balaban J connectivity index is 0.00000220. The Kier molecular flexibility index (Phi) is 7.88. The zero-order valence-corrected chi connectivity index (χ0v) is 13.3. The van der Waals surface area contributed by atoms with Crippen LogP contribution in [0.15, 0.2) is 54.6 Å². The van der Waals surface area contributed by atoms with Gasteiger partial charge in [-0.05, 0) is 29.7 Å². The van der Waals surface area contributed by atoms with E-state index in [0.29, 0.717) is 6.61 Å². The van der Waals surface area contributed by atoms with Gasteiger partial charge in [0.25, 0.3) is 0 Å². The topological polar surface area (TPSA) is 35.2 Å². The Bertz CT molecular complexity index is 498. The third kappa shape index (κ3) is 5.78. The van der Waals surface area contributed by atoms with E-state index in [1.54, 1.807) is 0 Å². The van der Waals surface area contributed by atoms with Crippen molar-refractivity contribution >= 4 is 12.4 Å². The first kappa shape index (κ1) is 17.5. The van der Waals surface area contributed by atoms with Gasteiger partial charge in [0.2, 0.25) is 0 Å². The average molecular weight is 306 g/mol. The number of benzene rings is 2. The van der Waals surface area contributed by atoms with Gasteiger partial charge < -0.3 is 10.5 Å². The molecule has 0 aliphatic rings. The van der Waals surface area contributed by atoms with Gasteiger partial charge in [0, 0.05) is 6.04 Å². The molecule has 2 rings (SSSR count). The molecule has 0 saturated carbocycles. The molecule has 2 N–H and O–H groups in total. The predicted octanol–water partition coefficient (Wildman–Crippen LogP) is 4.88. The molecular weight excluding hydrogens is 282 g/mol. The first-order chi connectivity index (χ1) is 9.79. The standard InChI is InChI=1S/C18H23NO.ClH/c1-2-3-9-18(19)16-10-12-17(13-11-16)20-14-15-7-5-4-6-8-15;/h4-8,10-13,18H,2-3,9,14,19H2,1H3;1H/t18-;/m0./s1. The minimum atomic E-state index is 0. The van der Waals surface area contributed by atoms with Crippen LogP contribution in [0.1, 0.15) is 43.4 Å². The summed E-state index contributed by atoms with van der Waals surface area (Å²) in [5, 5.41) is 0. The Morgan fingerprint density at radius 2 is 1.67 bits per heavy atom. The average Bonchev–Trinajstić information content (AvgIpc) is 2.52. The fourth-order valence-corrected chi connectivity index (χ4v) is 2.14. The van der Waals surface area contributed by atoms with Crippen molar-refractivity contribution in [2.45, 2.75) is 38.8 Å². The number of ether oxygens (including phenoxy) is 1. The van der Waals surface area contributed by atoms with Crippen molar-refractivity contribution in [2.24, 2.45) is 5.73 Å². The molecule has 0 heterocycles. The van der Waals surface area contributed by atoms with E-state index in [2.05, 4.69) is 31.2 Å². The lowest BCUT2D eigenvalue weighted by atomic mass is 10.0. The van der Waals surface area contributed by atoms with Gasteiger partial charge in [-0.3, -0.25) is 0 Å². The lowest BCUT2D eigenvalue weighted by molar-refractivity contribution is 0.306. The number of unbranched alkanes of at least 4 members (excludes halogenated alkanes) is 1. The molecule has 3 heteroatoms. The molecule has 0 spiro atoms. The maximum atomic E-state index is 6.16. The van der Waals surface area contributed by atoms with Crippen LogP contribution in [-0.2, 0) is 6.61 Å². The van der Waals surface area contributed by atoms with Crippen LogP contribution < -0.4 is 10.5 Å². The number of halogens is 1. The second-order valence-corrected chi connectivity index (χ2v) is 5.09. The molecule has 0 aromatic heterocycles. The highest BCUT2D eigenvalue weighted by molar-refractivity contribution is 5.85. The minimum Gasteiger partial charge on any atom is -0.489 e. The molecule has 0 amide bonds. The third-order valence-corrected chi connectivity index (χ3v) is 3.43. The smallest absolute Gasteiger partial charge is 0.119 e. The maximum absolute atomic E-state index is 6.16. The fraction of sp³-hybridized carbons (Fsp3) is 0.333. The van der Waals surface area contributed by atoms with E-state index >= 15 is 0 Å². The van der Waals surface area contributed by atoms with Crippen LogP contribution in [0.4, 0.5) is 0 Å². The van der Waals surface area contributed by atoms with Crippen molar-refractivity contribution in [3.63, 3.8) is 0 Å². The van der Waals surface area contributed by atoms with Crippen LogP contribution in [-0.4, -0.2) is 0 Å². The Hall–Kier alpha value is -1.51. The molecule has 2 nitrogen and oxygen atoms in total. The lowest BCUT2D eigenvalue weighted by Crippen LogP contribution is -2.09. The summed E-state index contributed by atoms with van der Waals surface area (Å²) in [5.41, 5.74) is 8.52. The number of hydrogen-bond donors (Lipinski definition) is 1. The van der Waals surface area contributed by atoms with Crippen molar-refractivity contribution < 1.29 is 4.74 Å². The molecule has 0 fully saturated rings. The summed E-state index contributed by atoms with van der Waals surface area (Å²) in [7, 11) is 0. The van der Waals surface area contributed by atoms with Crippen molar-refractivity contribution in [3.05, 3.63) is 65.7 Å². The first-order valence-electron chi connectivity index (χ1n) is 7.32. The van der Waals surface area contributed by atoms with Gasteiger partial charge in [0.05, 0.1) is 0 Å². The predicted molar refractivity (Wildman–Crippen MR) is 90.9 cm³/mol. The Morgan fingerprint density at radius 1 is 1.00 bits per heavy atom. The van der Waals surface area contributed by atoms with Crippen LogP contribution >= 0.6 is 12.4 Å². The van der Waals surface area contributed by atoms with E-state index in [1.807, 2.05) is 30.3 Å². The molecule has 21 heavy (non-hydrogen) atoms. The molecule has 0 aliphatic heterocycles. The zero-order valence-electron chi connectivity index (χ0n) is 12.5. The third-order valence-electron chi connectivity index (χ3n) is 3.43. The molecular formula is C18H24ClNO. The fourth-order valence-electron chi connectivity index (χ4n) is 2.14. The van der Waals surface area contributed by atoms with E-state index in [1.165, 1.54) is 24.0 Å². The molecule has 0 aliphatic carbocycles. The van der Waals surface area contributed by atoms with Crippen LogP contribution in [0.25, 0.3) is 0 Å². The largest absolute Gasteiger partial charge is 0.489 e. The Morgan fingerprint density at radius 3 is 2.29 bits per heavy atom. The highest BCUT2D eigenvalue weighted by atomic mass is 35.5. The number of rotatable bonds is 7. The van der Waals surface area contributed by atoms with E-state index in [4.69, 9.17) is 10.5 Å². The summed E-state index contributed by atoms with van der Waals surface area (Å²) < 4.78 is 5.77. The highest BCUT2D eigenvalue weighted by Crippen LogP contribution is 2.20. The summed E-state index contributed by atoms with van der Waals surface area (Å²) in [5.74, 6) is 0.889. The minimum absolute atomic E-state index is 0. The monoisotopic (exact) mass is 305 g/mol. The van der Waals surface area contributed by atoms with Crippen molar-refractivity contribution in [3.8, 4) is 5.75 Å². The van der Waals surface area contributed by atoms with Gasteiger partial charge in [0.1, 0.15) is 12.4 Å². The van der Waals surface area contributed by atoms with Gasteiger partial charge in [-0.1, -0.05) is 62.2 Å². The molecule has 0 unspecified atom stereocenters. The van der Waals surface area contributed by atoms with Gasteiger partial charge in [0.15, 0.2) is 0 Å². The van der Waals surface area contributed by atoms with Crippen molar-refractivity contribution in [1.82, 2.24) is 0 Å². The lowest BCUT2D eigenvalue weighted by Gasteiger charge is -2.12. The van der Waals surface area contributed by atoms with E-state index in [-0.39, 0.29) is 18.4 Å². The first-order valence-corrected chi connectivity index (χ1v) is 7.32. The molecule has 114 valence electrons. The quantitative estimate of drug-likeness (QED) is 0.791. The molecule has 2 aromatic carbocycles. The van der Waals surface area contributed by atoms with Gasteiger partial charge >= 0.3 is 0 Å². The van der Waals surface area contributed by atoms with Crippen LogP contribution in [0.2, 0.25) is 0 Å². The zero-order chi connectivity index (χ0) is 14.2. The molecule has 0 radical (unpaired) electrons. The summed E-state index contributed by atoms with van der Waals surface area (Å²) in [6.45, 7) is 2.79. The summed E-state index contributed by atoms with van der Waals surface area (Å²) in [6.07, 6.45) is 3.40. The molecule has 0 saturated heterocycles. The normalized spacial score (nSPS) is 11.5. The maximum Gasteiger partial charge on any atom is 0.119 e. The second kappa shape index (κ2) is 9.43. The second-order valence-electron chi connectivity index (χ2n) is 5.09. The molecule has 0 bridgehead atoms. The molecule has 1 atom stereocenters. The number of hydrogen-bond acceptors (Lipinski definition) is 2.